The minimum Gasteiger partial charge on any atom is -0.478 e. The molecule has 3 aliphatic rings. The Balaban J connectivity index is 1.50. The van der Waals surface area contributed by atoms with Gasteiger partial charge in [-0.1, -0.05) is 16.9 Å². The molecule has 1 saturated heterocycles. The van der Waals surface area contributed by atoms with E-state index in [1.807, 2.05) is 0 Å². The predicted molar refractivity (Wildman–Crippen MR) is 144 cm³/mol. The number of carbonyl (C=O) groups excluding carboxylic acids is 2. The Morgan fingerprint density at radius 3 is 2.74 bits per heavy atom. The molecule has 19 heteroatoms. The van der Waals surface area contributed by atoms with Gasteiger partial charge in [-0.05, 0) is 18.6 Å². The first kappa shape index (κ1) is 28.2. The van der Waals surface area contributed by atoms with Crippen LogP contribution >= 0.6 is 34.9 Å². The van der Waals surface area contributed by atoms with Gasteiger partial charge in [-0.3, -0.25) is 19.5 Å². The molecule has 0 bridgehead atoms. The summed E-state index contributed by atoms with van der Waals surface area (Å²) in [4.78, 5) is 63.5. The number of thioether (sulfide) groups is 2. The van der Waals surface area contributed by atoms with Crippen LogP contribution in [0.3, 0.4) is 0 Å². The minimum atomic E-state index is -1.36. The van der Waals surface area contributed by atoms with Gasteiger partial charge in [0.05, 0.1) is 6.54 Å². The first-order chi connectivity index (χ1) is 18.5. The fraction of sp³-hybridized carbons (Fsp3) is 0.350. The van der Waals surface area contributed by atoms with Crippen LogP contribution in [0.5, 0.6) is 0 Å². The number of β-lactam (4-membered cyclic amide) rings is 1. The number of nitrogens with zero attached hydrogens (tertiary/aromatic N) is 5. The highest BCUT2D eigenvalue weighted by Crippen LogP contribution is 2.41. The lowest BCUT2D eigenvalue weighted by Gasteiger charge is -2.49. The van der Waals surface area contributed by atoms with Crippen LogP contribution in [0.15, 0.2) is 38.7 Å². The van der Waals surface area contributed by atoms with Crippen LogP contribution in [0.1, 0.15) is 12.6 Å². The fourth-order valence-corrected chi connectivity index (χ4v) is 6.51. The van der Waals surface area contributed by atoms with Crippen LogP contribution in [0.4, 0.5) is 5.13 Å². The van der Waals surface area contributed by atoms with Crippen molar-refractivity contribution < 1.29 is 34.2 Å². The van der Waals surface area contributed by atoms with Crippen LogP contribution < -0.4 is 22.6 Å². The Morgan fingerprint density at radius 2 is 2.10 bits per heavy atom. The van der Waals surface area contributed by atoms with E-state index in [0.717, 1.165) is 16.2 Å². The molecule has 0 radical (unpaired) electrons. The Labute approximate surface area is 232 Å². The molecule has 0 spiro atoms. The summed E-state index contributed by atoms with van der Waals surface area (Å²) in [6, 6.07) is -1.07. The van der Waals surface area contributed by atoms with Gasteiger partial charge < -0.3 is 31.8 Å². The largest absolute Gasteiger partial charge is 0.478 e. The minimum absolute atomic E-state index is 0.0213. The van der Waals surface area contributed by atoms with Crippen molar-refractivity contribution in [1.29, 1.82) is 0 Å². The summed E-state index contributed by atoms with van der Waals surface area (Å²) in [7, 11) is 0. The van der Waals surface area contributed by atoms with E-state index in [0.29, 0.717) is 23.1 Å². The molecule has 1 unspecified atom stereocenters. The number of carboxylic acid groups (broad SMARTS) is 2. The number of amides is 2. The summed E-state index contributed by atoms with van der Waals surface area (Å²) in [6.45, 7) is 1.57. The van der Waals surface area contributed by atoms with E-state index >= 15 is 0 Å². The zero-order valence-electron chi connectivity index (χ0n) is 20.1. The van der Waals surface area contributed by atoms with E-state index in [2.05, 4.69) is 20.4 Å². The lowest BCUT2D eigenvalue weighted by molar-refractivity contribution is -0.150. The molecular weight excluding hydrogens is 574 g/mol. The highest BCUT2D eigenvalue weighted by atomic mass is 32.2. The number of anilines is 1. The normalized spacial score (nSPS) is 21.9. The maximum absolute atomic E-state index is 13.1. The number of fused-ring (bicyclic) bond motifs is 1. The third-order valence-electron chi connectivity index (χ3n) is 5.51. The van der Waals surface area contributed by atoms with E-state index in [-0.39, 0.29) is 33.7 Å². The molecule has 9 N–H and O–H groups in total. The van der Waals surface area contributed by atoms with Gasteiger partial charge >= 0.3 is 11.9 Å². The second-order valence-electron chi connectivity index (χ2n) is 8.18. The number of amidine groups is 1. The van der Waals surface area contributed by atoms with Gasteiger partial charge in [0.1, 0.15) is 28.6 Å². The van der Waals surface area contributed by atoms with Crippen LogP contribution in [0.25, 0.3) is 0 Å². The summed E-state index contributed by atoms with van der Waals surface area (Å²) in [5.41, 5.74) is 11.3. The maximum atomic E-state index is 13.1. The average molecular weight is 598 g/mol. The van der Waals surface area contributed by atoms with Crippen molar-refractivity contribution in [3.8, 4) is 0 Å². The highest BCUT2D eigenvalue weighted by Gasteiger charge is 2.54. The zero-order valence-corrected chi connectivity index (χ0v) is 22.6. The van der Waals surface area contributed by atoms with Crippen molar-refractivity contribution in [2.75, 3.05) is 23.8 Å². The fourth-order valence-electron chi connectivity index (χ4n) is 3.54. The monoisotopic (exact) mass is 597 g/mol. The summed E-state index contributed by atoms with van der Waals surface area (Å²) >= 11 is 3.48. The lowest BCUT2D eigenvalue weighted by atomic mass is 10.0. The molecule has 0 saturated carbocycles. The molecular formula is C20H23N9O7S3. The summed E-state index contributed by atoms with van der Waals surface area (Å²) in [5.74, 6) is 2.55. The summed E-state index contributed by atoms with van der Waals surface area (Å²) in [5, 5.41) is 27.7. The second-order valence-corrected chi connectivity index (χ2v) is 11.1. The topological polar surface area (TPSA) is 252 Å². The third-order valence-corrected chi connectivity index (χ3v) is 8.60. The molecule has 3 atom stereocenters. The van der Waals surface area contributed by atoms with Crippen molar-refractivity contribution in [1.82, 2.24) is 20.2 Å². The molecule has 39 heavy (non-hydrogen) atoms. The number of nitrogens with one attached hydrogen (secondary N) is 1. The van der Waals surface area contributed by atoms with Crippen LogP contribution in [0, 0.1) is 0 Å². The number of thiazole rings is 1. The maximum Gasteiger partial charge on any atom is 0.352 e. The van der Waals surface area contributed by atoms with Crippen molar-refractivity contribution in [3.05, 3.63) is 34.2 Å². The average Bonchev–Trinajstić information content (AvgIpc) is 3.32. The molecule has 0 aliphatic carbocycles. The van der Waals surface area contributed by atoms with Gasteiger partial charge in [-0.2, -0.15) is 0 Å². The van der Waals surface area contributed by atoms with Gasteiger partial charge in [0.15, 0.2) is 16.0 Å². The van der Waals surface area contributed by atoms with Crippen molar-refractivity contribution in [3.63, 3.8) is 0 Å². The summed E-state index contributed by atoms with van der Waals surface area (Å²) in [6.07, 6.45) is 0.273. The number of hydrogen-bond donors (Lipinski definition) is 6. The molecule has 4 rings (SSSR count). The zero-order chi connectivity index (χ0) is 28.4. The van der Waals surface area contributed by atoms with Crippen molar-refractivity contribution in [2.24, 2.45) is 21.7 Å². The van der Waals surface area contributed by atoms with E-state index in [4.69, 9.17) is 27.3 Å². The summed E-state index contributed by atoms with van der Waals surface area (Å²) < 4.78 is 0. The first-order valence-electron chi connectivity index (χ1n) is 11.1. The number of oxime groups is 1. The Morgan fingerprint density at radius 1 is 1.36 bits per heavy atom. The van der Waals surface area contributed by atoms with E-state index < -0.39 is 41.3 Å². The van der Waals surface area contributed by atoms with Gasteiger partial charge in [0, 0.05) is 16.9 Å². The second kappa shape index (κ2) is 11.5. The molecule has 0 aromatic carbocycles. The van der Waals surface area contributed by atoms with Gasteiger partial charge in [0.25, 0.3) is 11.8 Å². The standard InChI is InChI=1S/C20H23N9O7S3/c1-7(17(32)33)36-27-11(9-6-38-19(22)24-9)14(30)26-12-15(31)29-13(18(34)35)8(4-37-16(12)29)5-39-20-25-10(21)2-3-28(20)23/h2,6-7,12,16H,3-5,21,23H2,1H3,(H2,22,24)(H,26,30)(H,32,33)(H,34,35)/b27-11-/t7-,12?,16-/m0/s1. The van der Waals surface area contributed by atoms with Crippen LogP contribution in [-0.4, -0.2) is 95.3 Å². The smallest absolute Gasteiger partial charge is 0.352 e. The number of nitrogens with two attached hydrogens (primary N) is 3. The van der Waals surface area contributed by atoms with Crippen molar-refractivity contribution in [2.45, 2.75) is 24.4 Å². The van der Waals surface area contributed by atoms with Gasteiger partial charge in [-0.15, -0.1) is 23.1 Å². The highest BCUT2D eigenvalue weighted by molar-refractivity contribution is 8.14. The molecule has 1 aromatic heterocycles. The third kappa shape index (κ3) is 5.95. The molecule has 2 amide bonds. The van der Waals surface area contributed by atoms with E-state index in [9.17, 15) is 24.3 Å². The van der Waals surface area contributed by atoms with E-state index in [1.165, 1.54) is 40.8 Å². The number of rotatable bonds is 9. The van der Waals surface area contributed by atoms with Crippen molar-refractivity contribution >= 4 is 74.6 Å². The number of aliphatic imine (C=N–C) groups is 1. The predicted octanol–water partition coefficient (Wildman–Crippen LogP) is -1.26. The van der Waals surface area contributed by atoms with Crippen LogP contribution in [0.2, 0.25) is 0 Å². The first-order valence-corrected chi connectivity index (χ1v) is 14.0. The lowest BCUT2D eigenvalue weighted by Crippen LogP contribution is -2.71. The number of nitrogen functional groups attached to an aromatic ring is 1. The van der Waals surface area contributed by atoms with Crippen LogP contribution in [-0.2, 0) is 24.0 Å². The Bertz CT molecular complexity index is 1340. The number of carboxylic acids is 2. The quantitative estimate of drug-likeness (QED) is 0.0841. The molecule has 208 valence electrons. The number of hydrogen-bond acceptors (Lipinski definition) is 15. The molecule has 1 fully saturated rings. The number of hydrazine groups is 1. The number of carbonyl (C=O) groups is 4. The van der Waals surface area contributed by atoms with Gasteiger partial charge in [-0.25, -0.2) is 25.4 Å². The molecule has 3 aliphatic heterocycles. The Kier molecular flexibility index (Phi) is 8.33. The van der Waals surface area contributed by atoms with Gasteiger partial charge in [0.2, 0.25) is 6.10 Å². The number of aliphatic carboxylic acids is 2. The Hall–Kier alpha value is -3.81. The number of aromatic nitrogens is 1. The SMILES string of the molecule is C[C@H](O/N=C(\C(=O)NC1C(=O)N2C(C(=O)O)=C(CSC3=NC(N)=CCN3N)CS[C@@H]12)c1csc(N)n1)C(=O)O. The molecule has 16 nitrogen and oxygen atoms in total. The molecule has 4 heterocycles. The molecule has 1 aromatic rings. The van der Waals surface area contributed by atoms with E-state index in [1.54, 1.807) is 6.08 Å².